The molecule has 1 unspecified atom stereocenters. The van der Waals surface area contributed by atoms with Crippen molar-refractivity contribution in [2.45, 2.75) is 5.92 Å². The van der Waals surface area contributed by atoms with Crippen molar-refractivity contribution < 1.29 is 0 Å². The molecule has 37 heavy (non-hydrogen) atoms. The standard InChI is InChI=1S/C35H24Cl2/c36-29-20-16-27(17-21-29)34-31(24-10-4-1-5-11-24)32(25-12-6-2-7-13-25)35(28-18-22-30(37)23-19-28)33(34)26-14-8-3-9-15-26/h1-23,34H. The largest absolute Gasteiger partial charge is 0.0843 e. The van der Waals surface area contributed by atoms with Crippen LogP contribution >= 0.6 is 23.2 Å². The fraction of sp³-hybridized carbons (Fsp3) is 0.0286. The SMILES string of the molecule is Clc1ccc(C2=C(c3ccccc3)C(c3ccc(Cl)cc3)C(c3ccccc3)=C2c2ccccc2)cc1. The third-order valence-electron chi connectivity index (χ3n) is 6.93. The molecule has 0 saturated carbocycles. The predicted molar refractivity (Wildman–Crippen MR) is 159 cm³/mol. The van der Waals surface area contributed by atoms with Gasteiger partial charge >= 0.3 is 0 Å². The van der Waals surface area contributed by atoms with Gasteiger partial charge in [-0.15, -0.1) is 0 Å². The minimum atomic E-state index is 0.0166. The van der Waals surface area contributed by atoms with Gasteiger partial charge < -0.3 is 0 Å². The summed E-state index contributed by atoms with van der Waals surface area (Å²) in [6.07, 6.45) is 0. The van der Waals surface area contributed by atoms with Gasteiger partial charge in [-0.25, -0.2) is 0 Å². The molecule has 1 aliphatic rings. The van der Waals surface area contributed by atoms with E-state index < -0.39 is 0 Å². The molecule has 0 aromatic heterocycles. The summed E-state index contributed by atoms with van der Waals surface area (Å²) in [5.74, 6) is 0.0166. The van der Waals surface area contributed by atoms with Gasteiger partial charge in [0, 0.05) is 16.0 Å². The zero-order valence-corrected chi connectivity index (χ0v) is 21.6. The summed E-state index contributed by atoms with van der Waals surface area (Å²) >= 11 is 12.7. The van der Waals surface area contributed by atoms with E-state index in [1.807, 2.05) is 24.3 Å². The van der Waals surface area contributed by atoms with E-state index in [-0.39, 0.29) is 5.92 Å². The quantitative estimate of drug-likeness (QED) is 0.218. The third-order valence-corrected chi connectivity index (χ3v) is 7.44. The highest BCUT2D eigenvalue weighted by atomic mass is 35.5. The van der Waals surface area contributed by atoms with Crippen LogP contribution in [0.5, 0.6) is 0 Å². The van der Waals surface area contributed by atoms with Crippen LogP contribution in [0.2, 0.25) is 10.0 Å². The maximum absolute atomic E-state index is 6.35. The average molecular weight is 515 g/mol. The molecule has 0 bridgehead atoms. The highest BCUT2D eigenvalue weighted by Crippen LogP contribution is 2.58. The van der Waals surface area contributed by atoms with Crippen molar-refractivity contribution >= 4 is 45.5 Å². The molecule has 0 spiro atoms. The smallest absolute Gasteiger partial charge is 0.0406 e. The maximum atomic E-state index is 6.35. The summed E-state index contributed by atoms with van der Waals surface area (Å²) in [6, 6.07) is 48.7. The lowest BCUT2D eigenvalue weighted by Gasteiger charge is -2.22. The van der Waals surface area contributed by atoms with Gasteiger partial charge in [0.25, 0.3) is 0 Å². The van der Waals surface area contributed by atoms with Crippen LogP contribution in [-0.4, -0.2) is 0 Å². The molecule has 0 fully saturated rings. The van der Waals surface area contributed by atoms with Gasteiger partial charge in [0.2, 0.25) is 0 Å². The Labute approximate surface area is 228 Å². The first kappa shape index (κ1) is 23.6. The molecule has 0 nitrogen and oxygen atoms in total. The van der Waals surface area contributed by atoms with E-state index in [4.69, 9.17) is 23.2 Å². The highest BCUT2D eigenvalue weighted by Gasteiger charge is 2.37. The highest BCUT2D eigenvalue weighted by molar-refractivity contribution is 6.32. The average Bonchev–Trinajstić information content (AvgIpc) is 3.31. The van der Waals surface area contributed by atoms with Gasteiger partial charge in [-0.2, -0.15) is 0 Å². The molecule has 1 aliphatic carbocycles. The van der Waals surface area contributed by atoms with E-state index in [0.29, 0.717) is 0 Å². The first-order valence-corrected chi connectivity index (χ1v) is 13.1. The lowest BCUT2D eigenvalue weighted by atomic mass is 9.81. The molecule has 0 amide bonds. The first-order valence-electron chi connectivity index (χ1n) is 12.4. The van der Waals surface area contributed by atoms with Crippen LogP contribution in [0.1, 0.15) is 33.7 Å². The second kappa shape index (κ2) is 10.3. The molecule has 0 radical (unpaired) electrons. The van der Waals surface area contributed by atoms with Crippen LogP contribution in [0.25, 0.3) is 22.3 Å². The molecule has 1 atom stereocenters. The van der Waals surface area contributed by atoms with E-state index in [2.05, 4.69) is 115 Å². The van der Waals surface area contributed by atoms with Crippen molar-refractivity contribution in [3.63, 3.8) is 0 Å². The second-order valence-electron chi connectivity index (χ2n) is 9.17. The number of rotatable bonds is 5. The van der Waals surface area contributed by atoms with Crippen LogP contribution in [0.15, 0.2) is 140 Å². The summed E-state index contributed by atoms with van der Waals surface area (Å²) in [7, 11) is 0. The Morgan fingerprint density at radius 1 is 0.351 bits per heavy atom. The van der Waals surface area contributed by atoms with Gasteiger partial charge in [-0.1, -0.05) is 138 Å². The number of hydrogen-bond donors (Lipinski definition) is 0. The zero-order valence-electron chi connectivity index (χ0n) is 20.1. The normalized spacial score (nSPS) is 15.4. The summed E-state index contributed by atoms with van der Waals surface area (Å²) in [5.41, 5.74) is 11.0. The Morgan fingerprint density at radius 2 is 0.703 bits per heavy atom. The van der Waals surface area contributed by atoms with Gasteiger partial charge in [-0.3, -0.25) is 0 Å². The van der Waals surface area contributed by atoms with E-state index >= 15 is 0 Å². The predicted octanol–water partition coefficient (Wildman–Crippen LogP) is 10.3. The minimum absolute atomic E-state index is 0.0166. The Kier molecular flexibility index (Phi) is 6.53. The van der Waals surface area contributed by atoms with Crippen LogP contribution in [0, 0.1) is 0 Å². The third kappa shape index (κ3) is 4.55. The van der Waals surface area contributed by atoms with E-state index in [9.17, 15) is 0 Å². The Balaban J connectivity index is 1.77. The van der Waals surface area contributed by atoms with Gasteiger partial charge in [0.1, 0.15) is 0 Å². The fourth-order valence-corrected chi connectivity index (χ4v) is 5.62. The van der Waals surface area contributed by atoms with Crippen molar-refractivity contribution in [1.82, 2.24) is 0 Å². The number of allylic oxidation sites excluding steroid dienone is 4. The van der Waals surface area contributed by atoms with E-state index in [1.54, 1.807) is 0 Å². The van der Waals surface area contributed by atoms with Crippen LogP contribution in [0.4, 0.5) is 0 Å². The monoisotopic (exact) mass is 514 g/mol. The Bertz CT molecular complexity index is 1580. The van der Waals surface area contributed by atoms with Crippen molar-refractivity contribution in [3.8, 4) is 0 Å². The number of benzene rings is 5. The van der Waals surface area contributed by atoms with Crippen LogP contribution in [-0.2, 0) is 0 Å². The molecule has 0 saturated heterocycles. The maximum Gasteiger partial charge on any atom is 0.0406 e. The first-order chi connectivity index (χ1) is 18.2. The van der Waals surface area contributed by atoms with Crippen molar-refractivity contribution in [3.05, 3.63) is 177 Å². The molecule has 0 aliphatic heterocycles. The molecule has 0 N–H and O–H groups in total. The molecule has 5 aromatic rings. The van der Waals surface area contributed by atoms with Crippen molar-refractivity contribution in [2.24, 2.45) is 0 Å². The molecule has 178 valence electrons. The summed E-state index contributed by atoms with van der Waals surface area (Å²) in [4.78, 5) is 0. The summed E-state index contributed by atoms with van der Waals surface area (Å²) in [5, 5.41) is 1.46. The molecule has 2 heteroatoms. The molecular formula is C35H24Cl2. The number of halogens is 2. The molecule has 6 rings (SSSR count). The van der Waals surface area contributed by atoms with Gasteiger partial charge in [0.05, 0.1) is 0 Å². The van der Waals surface area contributed by atoms with Crippen molar-refractivity contribution in [2.75, 3.05) is 0 Å². The van der Waals surface area contributed by atoms with Crippen LogP contribution in [0.3, 0.4) is 0 Å². The minimum Gasteiger partial charge on any atom is -0.0843 e. The van der Waals surface area contributed by atoms with Crippen molar-refractivity contribution in [1.29, 1.82) is 0 Å². The Morgan fingerprint density at radius 3 is 1.14 bits per heavy atom. The molecule has 0 heterocycles. The topological polar surface area (TPSA) is 0 Å². The lowest BCUT2D eigenvalue weighted by molar-refractivity contribution is 1.14. The van der Waals surface area contributed by atoms with E-state index in [1.165, 1.54) is 44.5 Å². The number of hydrogen-bond acceptors (Lipinski definition) is 0. The molecule has 5 aromatic carbocycles. The summed E-state index contributed by atoms with van der Waals surface area (Å²) < 4.78 is 0. The fourth-order valence-electron chi connectivity index (χ4n) is 5.37. The van der Waals surface area contributed by atoms with Gasteiger partial charge in [0.15, 0.2) is 0 Å². The van der Waals surface area contributed by atoms with Gasteiger partial charge in [-0.05, 0) is 74.4 Å². The lowest BCUT2D eigenvalue weighted by Crippen LogP contribution is -2.03. The summed E-state index contributed by atoms with van der Waals surface area (Å²) in [6.45, 7) is 0. The second-order valence-corrected chi connectivity index (χ2v) is 10.0. The van der Waals surface area contributed by atoms with E-state index in [0.717, 1.165) is 15.6 Å². The van der Waals surface area contributed by atoms with Crippen LogP contribution < -0.4 is 0 Å². The Hall–Kier alpha value is -3.84. The molecular weight excluding hydrogens is 491 g/mol. The zero-order chi connectivity index (χ0) is 25.2.